The van der Waals surface area contributed by atoms with Gasteiger partial charge in [-0.05, 0) is 31.4 Å². The molecule has 2 saturated heterocycles. The number of amides is 2. The number of carbonyl (C=O) groups excluding carboxylic acids is 2. The molecule has 1 unspecified atom stereocenters. The van der Waals surface area contributed by atoms with Crippen molar-refractivity contribution in [2.24, 2.45) is 5.92 Å². The first-order valence-electron chi connectivity index (χ1n) is 9.19. The highest BCUT2D eigenvalue weighted by atomic mass is 16.5. The van der Waals surface area contributed by atoms with Crippen molar-refractivity contribution in [3.05, 3.63) is 30.3 Å². The number of nitrogens with zero attached hydrogens (tertiary/aromatic N) is 2. The van der Waals surface area contributed by atoms with Crippen molar-refractivity contribution in [3.8, 4) is 0 Å². The van der Waals surface area contributed by atoms with Gasteiger partial charge in [0.25, 0.3) is 0 Å². The summed E-state index contributed by atoms with van der Waals surface area (Å²) in [6, 6.07) is 9.86. The number of hydrogen-bond acceptors (Lipinski definition) is 3. The van der Waals surface area contributed by atoms with E-state index in [-0.39, 0.29) is 29.4 Å². The fourth-order valence-corrected chi connectivity index (χ4v) is 4.07. The highest BCUT2D eigenvalue weighted by molar-refractivity contribution is 5.92. The molecule has 2 amide bonds. The summed E-state index contributed by atoms with van der Waals surface area (Å²) < 4.78 is 6.20. The summed E-state index contributed by atoms with van der Waals surface area (Å²) in [6.45, 7) is 7.55. The molecule has 136 valence electrons. The van der Waals surface area contributed by atoms with Gasteiger partial charge in [-0.2, -0.15) is 0 Å². The molecular weight excluding hydrogens is 316 g/mol. The number of piperidine rings is 1. The Labute approximate surface area is 149 Å². The van der Waals surface area contributed by atoms with Crippen LogP contribution in [-0.2, 0) is 14.3 Å². The van der Waals surface area contributed by atoms with E-state index in [1.54, 1.807) is 6.92 Å². The highest BCUT2D eigenvalue weighted by Gasteiger charge is 2.45. The highest BCUT2D eigenvalue weighted by Crippen LogP contribution is 2.39. The molecule has 5 nitrogen and oxygen atoms in total. The smallest absolute Gasteiger partial charge is 0.225 e. The maximum absolute atomic E-state index is 12.2. The summed E-state index contributed by atoms with van der Waals surface area (Å²) in [7, 11) is 0. The van der Waals surface area contributed by atoms with Crippen molar-refractivity contribution in [1.82, 2.24) is 4.90 Å². The van der Waals surface area contributed by atoms with Crippen molar-refractivity contribution in [2.45, 2.75) is 51.7 Å². The van der Waals surface area contributed by atoms with Crippen LogP contribution in [0.5, 0.6) is 0 Å². The lowest BCUT2D eigenvalue weighted by Gasteiger charge is -2.39. The second-order valence-electron chi connectivity index (χ2n) is 7.56. The van der Waals surface area contributed by atoms with Gasteiger partial charge in [-0.15, -0.1) is 0 Å². The Morgan fingerprint density at radius 1 is 1.20 bits per heavy atom. The quantitative estimate of drug-likeness (QED) is 0.847. The molecule has 0 radical (unpaired) electrons. The summed E-state index contributed by atoms with van der Waals surface area (Å²) in [5, 5.41) is 0. The molecule has 1 atom stereocenters. The van der Waals surface area contributed by atoms with Gasteiger partial charge < -0.3 is 14.5 Å². The summed E-state index contributed by atoms with van der Waals surface area (Å²) >= 11 is 0. The zero-order valence-corrected chi connectivity index (χ0v) is 15.4. The summed E-state index contributed by atoms with van der Waals surface area (Å²) in [5.74, 6) is 0.306. The standard InChI is InChI=1S/C20H28N2O3/c1-15(2)19(24)21-11-9-20(10-12-21)13-18(14-25-20)22(16(3)23)17-7-5-4-6-8-17/h4-8,15,18H,9-14H2,1-3H3. The predicted molar refractivity (Wildman–Crippen MR) is 97.3 cm³/mol. The second-order valence-corrected chi connectivity index (χ2v) is 7.56. The Balaban J connectivity index is 1.67. The predicted octanol–water partition coefficient (Wildman–Crippen LogP) is 2.85. The molecule has 1 aromatic rings. The van der Waals surface area contributed by atoms with E-state index in [0.29, 0.717) is 6.61 Å². The lowest BCUT2D eigenvalue weighted by atomic mass is 9.86. The first kappa shape index (κ1) is 17.9. The molecule has 0 saturated carbocycles. The third kappa shape index (κ3) is 3.71. The van der Waals surface area contributed by atoms with Gasteiger partial charge in [0.05, 0.1) is 18.2 Å². The minimum Gasteiger partial charge on any atom is -0.373 e. The van der Waals surface area contributed by atoms with Crippen LogP contribution >= 0.6 is 0 Å². The monoisotopic (exact) mass is 344 g/mol. The molecule has 1 aromatic carbocycles. The summed E-state index contributed by atoms with van der Waals surface area (Å²) in [4.78, 5) is 28.2. The lowest BCUT2D eigenvalue weighted by Crippen LogP contribution is -2.48. The van der Waals surface area contributed by atoms with Gasteiger partial charge >= 0.3 is 0 Å². The van der Waals surface area contributed by atoms with Crippen LogP contribution in [0.3, 0.4) is 0 Å². The van der Waals surface area contributed by atoms with Gasteiger partial charge in [-0.25, -0.2) is 0 Å². The number of benzene rings is 1. The topological polar surface area (TPSA) is 49.9 Å². The van der Waals surface area contributed by atoms with E-state index in [1.165, 1.54) is 0 Å². The van der Waals surface area contributed by atoms with Crippen LogP contribution in [0.15, 0.2) is 30.3 Å². The normalized spacial score (nSPS) is 22.4. The fourth-order valence-electron chi connectivity index (χ4n) is 4.07. The lowest BCUT2D eigenvalue weighted by molar-refractivity contribution is -0.139. The van der Waals surface area contributed by atoms with E-state index in [2.05, 4.69) is 0 Å². The molecule has 2 heterocycles. The molecular formula is C20H28N2O3. The molecule has 2 aliphatic heterocycles. The van der Waals surface area contributed by atoms with Crippen LogP contribution in [0.2, 0.25) is 0 Å². The van der Waals surface area contributed by atoms with E-state index in [9.17, 15) is 9.59 Å². The van der Waals surface area contributed by atoms with E-state index in [4.69, 9.17) is 4.74 Å². The maximum atomic E-state index is 12.2. The van der Waals surface area contributed by atoms with Crippen molar-refractivity contribution >= 4 is 17.5 Å². The first-order chi connectivity index (χ1) is 11.9. The van der Waals surface area contributed by atoms with E-state index >= 15 is 0 Å². The molecule has 0 N–H and O–H groups in total. The van der Waals surface area contributed by atoms with Gasteiger partial charge in [0.15, 0.2) is 0 Å². The van der Waals surface area contributed by atoms with Gasteiger partial charge in [-0.3, -0.25) is 9.59 Å². The van der Waals surface area contributed by atoms with Crippen LogP contribution in [0, 0.1) is 5.92 Å². The number of likely N-dealkylation sites (tertiary alicyclic amines) is 1. The number of carbonyl (C=O) groups is 2. The third-order valence-corrected chi connectivity index (χ3v) is 5.41. The SMILES string of the molecule is CC(=O)N(c1ccccc1)C1COC2(CCN(C(=O)C(C)C)CC2)C1. The maximum Gasteiger partial charge on any atom is 0.225 e. The number of para-hydroxylation sites is 1. The average molecular weight is 344 g/mol. The minimum atomic E-state index is -0.194. The molecule has 3 rings (SSSR count). The number of anilines is 1. The van der Waals surface area contributed by atoms with Crippen molar-refractivity contribution < 1.29 is 14.3 Å². The van der Waals surface area contributed by atoms with Crippen molar-refractivity contribution in [3.63, 3.8) is 0 Å². The van der Waals surface area contributed by atoms with Gasteiger partial charge in [0.1, 0.15) is 0 Å². The zero-order valence-electron chi connectivity index (χ0n) is 15.4. The van der Waals surface area contributed by atoms with Crippen molar-refractivity contribution in [2.75, 3.05) is 24.6 Å². The molecule has 2 aliphatic rings. The Morgan fingerprint density at radius 3 is 2.40 bits per heavy atom. The molecule has 1 spiro atoms. The molecule has 5 heteroatoms. The number of rotatable bonds is 3. The fraction of sp³-hybridized carbons (Fsp3) is 0.600. The molecule has 2 fully saturated rings. The Hall–Kier alpha value is -1.88. The van der Waals surface area contributed by atoms with E-state index < -0.39 is 0 Å². The zero-order chi connectivity index (χ0) is 18.0. The van der Waals surface area contributed by atoms with Gasteiger partial charge in [0, 0.05) is 31.6 Å². The largest absolute Gasteiger partial charge is 0.373 e. The first-order valence-corrected chi connectivity index (χ1v) is 9.19. The average Bonchev–Trinajstić information content (AvgIpc) is 2.99. The molecule has 0 bridgehead atoms. The van der Waals surface area contributed by atoms with Crippen molar-refractivity contribution in [1.29, 1.82) is 0 Å². The molecule has 25 heavy (non-hydrogen) atoms. The van der Waals surface area contributed by atoms with Gasteiger partial charge in [0.2, 0.25) is 11.8 Å². The van der Waals surface area contributed by atoms with Crippen LogP contribution in [0.25, 0.3) is 0 Å². The van der Waals surface area contributed by atoms with E-state index in [0.717, 1.165) is 38.0 Å². The molecule has 0 aliphatic carbocycles. The molecule has 0 aromatic heterocycles. The number of hydrogen-bond donors (Lipinski definition) is 0. The van der Waals surface area contributed by atoms with E-state index in [1.807, 2.05) is 54.0 Å². The van der Waals surface area contributed by atoms with Crippen LogP contribution in [0.4, 0.5) is 5.69 Å². The number of ether oxygens (including phenoxy) is 1. The summed E-state index contributed by atoms with van der Waals surface area (Å²) in [5.41, 5.74) is 0.731. The minimum absolute atomic E-state index is 0.0394. The third-order valence-electron chi connectivity index (χ3n) is 5.41. The Kier molecular flexibility index (Phi) is 5.13. The Morgan fingerprint density at radius 2 is 1.84 bits per heavy atom. The van der Waals surface area contributed by atoms with Crippen LogP contribution in [-0.4, -0.2) is 48.1 Å². The van der Waals surface area contributed by atoms with Gasteiger partial charge in [-0.1, -0.05) is 32.0 Å². The van der Waals surface area contributed by atoms with Crippen LogP contribution in [0.1, 0.15) is 40.0 Å². The van der Waals surface area contributed by atoms with Crippen LogP contribution < -0.4 is 4.90 Å². The Bertz CT molecular complexity index is 621. The second kappa shape index (κ2) is 7.16. The summed E-state index contributed by atoms with van der Waals surface area (Å²) in [6.07, 6.45) is 2.54.